The fourth-order valence-corrected chi connectivity index (χ4v) is 2.20. The minimum absolute atomic E-state index is 0.595. The Morgan fingerprint density at radius 3 is 3.14 bits per heavy atom. The third-order valence-electron chi connectivity index (χ3n) is 2.52. The number of hydrogen-bond acceptors (Lipinski definition) is 6. The second-order valence-electron chi connectivity index (χ2n) is 3.67. The van der Waals surface area contributed by atoms with Crippen LogP contribution in [0.5, 0.6) is 0 Å². The molecule has 0 aliphatic carbocycles. The van der Waals surface area contributed by atoms with E-state index in [1.54, 1.807) is 0 Å². The number of hydrogen-bond donors (Lipinski definition) is 1. The molecule has 6 heteroatoms. The molecule has 1 N–H and O–H groups in total. The molecule has 1 aromatic rings. The summed E-state index contributed by atoms with van der Waals surface area (Å²) in [5.74, 6) is 0. The molecule has 1 unspecified atom stereocenters. The molecule has 14 heavy (non-hydrogen) atoms. The summed E-state index contributed by atoms with van der Waals surface area (Å²) in [6.07, 6.45) is 3.90. The Labute approximate surface area is 87.7 Å². The summed E-state index contributed by atoms with van der Waals surface area (Å²) in [7, 11) is 2.04. The lowest BCUT2D eigenvalue weighted by molar-refractivity contribution is 0.403. The summed E-state index contributed by atoms with van der Waals surface area (Å²) in [6, 6.07) is 0.595. The normalized spacial score (nSPS) is 22.2. The van der Waals surface area contributed by atoms with Gasteiger partial charge in [-0.25, -0.2) is 0 Å². The molecule has 0 spiro atoms. The summed E-state index contributed by atoms with van der Waals surface area (Å²) in [5.41, 5.74) is 0. The van der Waals surface area contributed by atoms with E-state index in [4.69, 9.17) is 0 Å². The zero-order chi connectivity index (χ0) is 9.80. The lowest BCUT2D eigenvalue weighted by atomic mass is 10.1. The fraction of sp³-hybridized carbons (Fsp3) is 0.875. The summed E-state index contributed by atoms with van der Waals surface area (Å²) in [4.78, 5) is 2.12. The lowest BCUT2D eigenvalue weighted by Gasteiger charge is -2.27. The standard InChI is InChI=1S/C8H15N5S/c1-13(8-10-11-12-14-8)6-7-4-2-3-5-9-7/h7,9H,2-6H2,1H3. The number of piperidine rings is 1. The smallest absolute Gasteiger partial charge is 0.227 e. The summed E-state index contributed by atoms with van der Waals surface area (Å²) >= 11 is 1.35. The molecule has 2 heterocycles. The monoisotopic (exact) mass is 213 g/mol. The van der Waals surface area contributed by atoms with Crippen LogP contribution in [0, 0.1) is 0 Å². The molecule has 1 aliphatic rings. The van der Waals surface area contributed by atoms with E-state index in [1.165, 1.54) is 30.8 Å². The van der Waals surface area contributed by atoms with Crippen molar-refractivity contribution in [3.63, 3.8) is 0 Å². The van der Waals surface area contributed by atoms with Crippen molar-refractivity contribution in [1.29, 1.82) is 0 Å². The van der Waals surface area contributed by atoms with E-state index < -0.39 is 0 Å². The van der Waals surface area contributed by atoms with Gasteiger partial charge in [-0.2, -0.15) is 0 Å². The Bertz CT molecular complexity index is 257. The van der Waals surface area contributed by atoms with Crippen molar-refractivity contribution >= 4 is 16.7 Å². The lowest BCUT2D eigenvalue weighted by Crippen LogP contribution is -2.42. The zero-order valence-electron chi connectivity index (χ0n) is 8.31. The Hall–Kier alpha value is -0.750. The molecule has 1 aromatic heterocycles. The number of anilines is 1. The number of nitrogens with zero attached hydrogens (tertiary/aromatic N) is 4. The molecule has 1 fully saturated rings. The minimum atomic E-state index is 0.595. The van der Waals surface area contributed by atoms with Gasteiger partial charge >= 0.3 is 0 Å². The van der Waals surface area contributed by atoms with Gasteiger partial charge in [0.1, 0.15) is 0 Å². The molecular weight excluding hydrogens is 198 g/mol. The van der Waals surface area contributed by atoms with Crippen molar-refractivity contribution in [2.75, 3.05) is 25.0 Å². The average Bonchev–Trinajstić information content (AvgIpc) is 2.72. The molecular formula is C8H15N5S. The fourth-order valence-electron chi connectivity index (χ4n) is 1.76. The molecule has 78 valence electrons. The molecule has 1 saturated heterocycles. The first kappa shape index (κ1) is 9.79. The maximum atomic E-state index is 3.94. The second kappa shape index (κ2) is 4.65. The predicted octanol–water partition coefficient (Wildman–Crippen LogP) is 0.511. The van der Waals surface area contributed by atoms with Crippen molar-refractivity contribution in [3.05, 3.63) is 0 Å². The molecule has 0 aromatic carbocycles. The van der Waals surface area contributed by atoms with Crippen LogP contribution in [0.4, 0.5) is 5.13 Å². The zero-order valence-corrected chi connectivity index (χ0v) is 9.13. The van der Waals surface area contributed by atoms with Crippen LogP contribution in [0.3, 0.4) is 0 Å². The van der Waals surface area contributed by atoms with Crippen molar-refractivity contribution < 1.29 is 0 Å². The van der Waals surface area contributed by atoms with E-state index in [0.29, 0.717) is 6.04 Å². The highest BCUT2D eigenvalue weighted by Crippen LogP contribution is 2.14. The van der Waals surface area contributed by atoms with Crippen molar-refractivity contribution in [2.24, 2.45) is 0 Å². The van der Waals surface area contributed by atoms with E-state index >= 15 is 0 Å². The molecule has 2 rings (SSSR count). The van der Waals surface area contributed by atoms with Gasteiger partial charge in [0.15, 0.2) is 0 Å². The summed E-state index contributed by atoms with van der Waals surface area (Å²) in [6.45, 7) is 2.14. The van der Waals surface area contributed by atoms with Gasteiger partial charge in [-0.1, -0.05) is 16.0 Å². The minimum Gasteiger partial charge on any atom is -0.347 e. The Morgan fingerprint density at radius 1 is 1.57 bits per heavy atom. The molecule has 5 nitrogen and oxygen atoms in total. The average molecular weight is 213 g/mol. The second-order valence-corrected chi connectivity index (χ2v) is 4.38. The molecule has 1 aliphatic heterocycles. The van der Waals surface area contributed by atoms with Gasteiger partial charge in [-0.05, 0) is 24.6 Å². The molecule has 1 atom stereocenters. The van der Waals surface area contributed by atoms with Gasteiger partial charge in [0, 0.05) is 31.2 Å². The SMILES string of the molecule is CN(CC1CCCCN1)c1nnns1. The maximum absolute atomic E-state index is 3.94. The summed E-state index contributed by atoms with van der Waals surface area (Å²) < 4.78 is 3.75. The van der Waals surface area contributed by atoms with Crippen LogP contribution in [0.1, 0.15) is 19.3 Å². The van der Waals surface area contributed by atoms with Crippen molar-refractivity contribution in [3.8, 4) is 0 Å². The topological polar surface area (TPSA) is 53.9 Å². The molecule has 0 bridgehead atoms. The molecule has 0 radical (unpaired) electrons. The maximum Gasteiger partial charge on any atom is 0.227 e. The van der Waals surface area contributed by atoms with Crippen LogP contribution >= 0.6 is 11.5 Å². The highest BCUT2D eigenvalue weighted by Gasteiger charge is 2.16. The van der Waals surface area contributed by atoms with E-state index in [2.05, 4.69) is 25.0 Å². The number of nitrogens with one attached hydrogen (secondary N) is 1. The molecule has 0 saturated carbocycles. The van der Waals surface area contributed by atoms with Crippen LogP contribution in [-0.2, 0) is 0 Å². The Kier molecular flexibility index (Phi) is 3.26. The van der Waals surface area contributed by atoms with Crippen molar-refractivity contribution in [2.45, 2.75) is 25.3 Å². The number of likely N-dealkylation sites (N-methyl/N-ethyl adjacent to an activating group) is 1. The van der Waals surface area contributed by atoms with Crippen molar-refractivity contribution in [1.82, 2.24) is 20.1 Å². The quantitative estimate of drug-likeness (QED) is 0.793. The Morgan fingerprint density at radius 2 is 2.50 bits per heavy atom. The number of rotatable bonds is 3. The van der Waals surface area contributed by atoms with Gasteiger partial charge in [0.25, 0.3) is 0 Å². The highest BCUT2D eigenvalue weighted by molar-refractivity contribution is 7.09. The predicted molar refractivity (Wildman–Crippen MR) is 56.6 cm³/mol. The first-order chi connectivity index (χ1) is 6.86. The third kappa shape index (κ3) is 2.39. The van der Waals surface area contributed by atoms with Gasteiger partial charge in [0.05, 0.1) is 0 Å². The van der Waals surface area contributed by atoms with Crippen LogP contribution < -0.4 is 10.2 Å². The van der Waals surface area contributed by atoms with Gasteiger partial charge in [0.2, 0.25) is 5.13 Å². The molecule has 0 amide bonds. The first-order valence-corrected chi connectivity index (χ1v) is 5.73. The van der Waals surface area contributed by atoms with Gasteiger partial charge in [-0.15, -0.1) is 0 Å². The first-order valence-electron chi connectivity index (χ1n) is 4.96. The van der Waals surface area contributed by atoms with Crippen LogP contribution in [0.15, 0.2) is 0 Å². The van der Waals surface area contributed by atoms with E-state index in [0.717, 1.165) is 18.2 Å². The van der Waals surface area contributed by atoms with Crippen LogP contribution in [0.2, 0.25) is 0 Å². The Balaban J connectivity index is 1.84. The van der Waals surface area contributed by atoms with Crippen LogP contribution in [0.25, 0.3) is 0 Å². The van der Waals surface area contributed by atoms with Gasteiger partial charge < -0.3 is 10.2 Å². The van der Waals surface area contributed by atoms with Gasteiger partial charge in [-0.3, -0.25) is 0 Å². The van der Waals surface area contributed by atoms with E-state index in [1.807, 2.05) is 7.05 Å². The largest absolute Gasteiger partial charge is 0.347 e. The summed E-state index contributed by atoms with van der Waals surface area (Å²) in [5, 5.41) is 11.9. The third-order valence-corrected chi connectivity index (χ3v) is 3.23. The van der Waals surface area contributed by atoms with E-state index in [9.17, 15) is 0 Å². The number of aromatic nitrogens is 3. The van der Waals surface area contributed by atoms with Crippen LogP contribution in [-0.4, -0.2) is 41.0 Å². The highest BCUT2D eigenvalue weighted by atomic mass is 32.1. The van der Waals surface area contributed by atoms with E-state index in [-0.39, 0.29) is 0 Å².